The summed E-state index contributed by atoms with van der Waals surface area (Å²) in [5.41, 5.74) is -0.450. The van der Waals surface area contributed by atoms with Gasteiger partial charge < -0.3 is 23.9 Å². The predicted molar refractivity (Wildman–Crippen MR) is 103 cm³/mol. The number of carbonyl (C=O) groups is 2. The van der Waals surface area contributed by atoms with E-state index in [4.69, 9.17) is 9.15 Å². The number of likely N-dealkylation sites (tertiary alicyclic amines) is 2. The molecule has 0 aliphatic carbocycles. The highest BCUT2D eigenvalue weighted by Crippen LogP contribution is 2.33. The SMILES string of the molecule is CN(C)[C@@H]1CCN(CCN2CC3(CCN(C(=O)c4ccco4)CC3)OC2=O)C1. The Bertz CT molecular complexity index is 697. The van der Waals surface area contributed by atoms with Gasteiger partial charge in [0.05, 0.1) is 12.8 Å². The van der Waals surface area contributed by atoms with Crippen LogP contribution in [0, 0.1) is 0 Å². The Labute approximate surface area is 166 Å². The van der Waals surface area contributed by atoms with Crippen LogP contribution in [-0.4, -0.2) is 103 Å². The fraction of sp³-hybridized carbons (Fsp3) is 0.700. The molecule has 0 aromatic carbocycles. The number of piperidine rings is 1. The van der Waals surface area contributed by atoms with Crippen molar-refractivity contribution in [2.45, 2.75) is 30.9 Å². The normalized spacial score (nSPS) is 25.1. The zero-order chi connectivity index (χ0) is 19.7. The fourth-order valence-electron chi connectivity index (χ4n) is 4.50. The number of ether oxygens (including phenoxy) is 1. The summed E-state index contributed by atoms with van der Waals surface area (Å²) in [6.07, 6.45) is 3.83. The van der Waals surface area contributed by atoms with Crippen LogP contribution in [0.1, 0.15) is 29.8 Å². The van der Waals surface area contributed by atoms with E-state index < -0.39 is 5.60 Å². The Morgan fingerprint density at radius 2 is 2.04 bits per heavy atom. The summed E-state index contributed by atoms with van der Waals surface area (Å²) in [5, 5.41) is 0. The zero-order valence-electron chi connectivity index (χ0n) is 16.8. The van der Waals surface area contributed by atoms with E-state index in [0.717, 1.165) is 19.6 Å². The molecule has 4 heterocycles. The minimum absolute atomic E-state index is 0.0921. The highest BCUT2D eigenvalue weighted by Gasteiger charge is 2.47. The molecule has 1 aromatic rings. The molecule has 154 valence electrons. The first-order valence-corrected chi connectivity index (χ1v) is 10.2. The first-order valence-electron chi connectivity index (χ1n) is 10.2. The Balaban J connectivity index is 1.26. The van der Waals surface area contributed by atoms with Crippen molar-refractivity contribution in [2.24, 2.45) is 0 Å². The molecule has 8 nitrogen and oxygen atoms in total. The smallest absolute Gasteiger partial charge is 0.410 e. The maximum absolute atomic E-state index is 12.4. The van der Waals surface area contributed by atoms with Crippen molar-refractivity contribution in [2.75, 3.05) is 59.9 Å². The quantitative estimate of drug-likeness (QED) is 0.756. The van der Waals surface area contributed by atoms with E-state index in [1.54, 1.807) is 17.0 Å². The summed E-state index contributed by atoms with van der Waals surface area (Å²) in [6, 6.07) is 4.01. The lowest BCUT2D eigenvalue weighted by Crippen LogP contribution is -2.49. The average molecular weight is 390 g/mol. The van der Waals surface area contributed by atoms with Crippen LogP contribution in [0.3, 0.4) is 0 Å². The van der Waals surface area contributed by atoms with Crippen molar-refractivity contribution in [1.82, 2.24) is 19.6 Å². The lowest BCUT2D eigenvalue weighted by atomic mass is 9.91. The molecule has 8 heteroatoms. The molecule has 0 saturated carbocycles. The first kappa shape index (κ1) is 19.3. The van der Waals surface area contributed by atoms with Crippen molar-refractivity contribution >= 4 is 12.0 Å². The molecule has 0 radical (unpaired) electrons. The largest absolute Gasteiger partial charge is 0.459 e. The van der Waals surface area contributed by atoms with Gasteiger partial charge in [0.2, 0.25) is 0 Å². The zero-order valence-corrected chi connectivity index (χ0v) is 16.8. The molecule has 1 aromatic heterocycles. The van der Waals surface area contributed by atoms with Crippen LogP contribution < -0.4 is 0 Å². The van der Waals surface area contributed by atoms with E-state index in [9.17, 15) is 9.59 Å². The number of carbonyl (C=O) groups excluding carboxylic acids is 2. The number of hydrogen-bond donors (Lipinski definition) is 0. The molecular formula is C20H30N4O4. The lowest BCUT2D eigenvalue weighted by molar-refractivity contribution is 0.00226. The van der Waals surface area contributed by atoms with Gasteiger partial charge in [-0.15, -0.1) is 0 Å². The molecule has 0 N–H and O–H groups in total. The lowest BCUT2D eigenvalue weighted by Gasteiger charge is -2.37. The van der Waals surface area contributed by atoms with Gasteiger partial charge in [0, 0.05) is 51.6 Å². The molecule has 0 unspecified atom stereocenters. The highest BCUT2D eigenvalue weighted by atomic mass is 16.6. The number of furan rings is 1. The Morgan fingerprint density at radius 1 is 1.25 bits per heavy atom. The average Bonchev–Trinajstić information content (AvgIpc) is 3.41. The van der Waals surface area contributed by atoms with Gasteiger partial charge in [0.25, 0.3) is 5.91 Å². The van der Waals surface area contributed by atoms with Crippen LogP contribution in [0.25, 0.3) is 0 Å². The molecule has 28 heavy (non-hydrogen) atoms. The predicted octanol–water partition coefficient (Wildman–Crippen LogP) is 1.34. The van der Waals surface area contributed by atoms with Crippen molar-refractivity contribution in [3.05, 3.63) is 24.2 Å². The van der Waals surface area contributed by atoms with Crippen LogP contribution in [0.5, 0.6) is 0 Å². The first-order chi connectivity index (χ1) is 13.5. The summed E-state index contributed by atoms with van der Waals surface area (Å²) in [6.45, 7) is 5.52. The van der Waals surface area contributed by atoms with Gasteiger partial charge in [-0.25, -0.2) is 4.79 Å². The summed E-state index contributed by atoms with van der Waals surface area (Å²) < 4.78 is 11.0. The van der Waals surface area contributed by atoms with E-state index in [-0.39, 0.29) is 12.0 Å². The molecule has 0 bridgehead atoms. The summed E-state index contributed by atoms with van der Waals surface area (Å²) in [4.78, 5) is 33.2. The maximum atomic E-state index is 12.4. The number of nitrogens with zero attached hydrogens (tertiary/aromatic N) is 4. The number of rotatable bonds is 5. The minimum Gasteiger partial charge on any atom is -0.459 e. The third-order valence-corrected chi connectivity index (χ3v) is 6.40. The standard InChI is InChI=1S/C20H30N4O4/c1-21(2)16-5-8-22(14-16)11-12-24-15-20(28-19(24)26)6-9-23(10-7-20)18(25)17-4-3-13-27-17/h3-4,13,16H,5-12,14-15H2,1-2H3/t16-/m1/s1. The van der Waals surface area contributed by atoms with Crippen LogP contribution in [0.4, 0.5) is 4.79 Å². The molecule has 3 aliphatic heterocycles. The van der Waals surface area contributed by atoms with E-state index in [1.165, 1.54) is 12.7 Å². The van der Waals surface area contributed by atoms with Crippen LogP contribution >= 0.6 is 0 Å². The Kier molecular flexibility index (Phi) is 5.33. The van der Waals surface area contributed by atoms with Gasteiger partial charge in [-0.2, -0.15) is 0 Å². The molecule has 3 aliphatic rings. The number of hydrogen-bond acceptors (Lipinski definition) is 6. The molecule has 3 fully saturated rings. The summed E-state index contributed by atoms with van der Waals surface area (Å²) >= 11 is 0. The molecule has 2 amide bonds. The van der Waals surface area contributed by atoms with E-state index in [0.29, 0.717) is 50.8 Å². The Hall–Kier alpha value is -2.06. The molecule has 1 spiro atoms. The van der Waals surface area contributed by atoms with Gasteiger partial charge >= 0.3 is 6.09 Å². The van der Waals surface area contributed by atoms with E-state index in [2.05, 4.69) is 23.9 Å². The third-order valence-electron chi connectivity index (χ3n) is 6.40. The molecule has 4 rings (SSSR count). The van der Waals surface area contributed by atoms with E-state index >= 15 is 0 Å². The minimum atomic E-state index is -0.450. The number of amides is 2. The highest BCUT2D eigenvalue weighted by molar-refractivity contribution is 5.91. The van der Waals surface area contributed by atoms with Gasteiger partial charge in [0.15, 0.2) is 5.76 Å². The van der Waals surface area contributed by atoms with Crippen molar-refractivity contribution in [3.8, 4) is 0 Å². The van der Waals surface area contributed by atoms with Crippen LogP contribution in [0.2, 0.25) is 0 Å². The van der Waals surface area contributed by atoms with Crippen molar-refractivity contribution in [1.29, 1.82) is 0 Å². The van der Waals surface area contributed by atoms with Gasteiger partial charge in [-0.3, -0.25) is 9.69 Å². The molecule has 3 saturated heterocycles. The van der Waals surface area contributed by atoms with Gasteiger partial charge in [-0.1, -0.05) is 0 Å². The molecular weight excluding hydrogens is 360 g/mol. The van der Waals surface area contributed by atoms with E-state index in [1.807, 2.05) is 4.90 Å². The maximum Gasteiger partial charge on any atom is 0.410 e. The van der Waals surface area contributed by atoms with Gasteiger partial charge in [-0.05, 0) is 39.2 Å². The summed E-state index contributed by atoms with van der Waals surface area (Å²) in [7, 11) is 4.25. The Morgan fingerprint density at radius 3 is 2.68 bits per heavy atom. The monoisotopic (exact) mass is 390 g/mol. The number of likely N-dealkylation sites (N-methyl/N-ethyl adjacent to an activating group) is 1. The van der Waals surface area contributed by atoms with Crippen LogP contribution in [0.15, 0.2) is 22.8 Å². The fourth-order valence-corrected chi connectivity index (χ4v) is 4.50. The van der Waals surface area contributed by atoms with Crippen molar-refractivity contribution in [3.63, 3.8) is 0 Å². The van der Waals surface area contributed by atoms with Gasteiger partial charge in [0.1, 0.15) is 5.60 Å². The summed E-state index contributed by atoms with van der Waals surface area (Å²) in [5.74, 6) is 0.271. The topological polar surface area (TPSA) is 69.5 Å². The van der Waals surface area contributed by atoms with Crippen LogP contribution in [-0.2, 0) is 4.74 Å². The third kappa shape index (κ3) is 3.89. The second kappa shape index (κ2) is 7.75. The van der Waals surface area contributed by atoms with Crippen molar-refractivity contribution < 1.29 is 18.7 Å². The molecule has 1 atom stereocenters. The second-order valence-corrected chi connectivity index (χ2v) is 8.45. The second-order valence-electron chi connectivity index (χ2n) is 8.45.